The van der Waals surface area contributed by atoms with Gasteiger partial charge in [-0.15, -0.1) is 0 Å². The predicted molar refractivity (Wildman–Crippen MR) is 459 cm³/mol. The SMILES string of the molecule is CC(C)(C)c1ccc2c(c1)-c1cc(C(C)(C)C)cc3c1B2c1cc2c(-c4c(-c5ccccc5)cc(-c5ccccc5)cc4-c4ccccc4)cc4c5c(cc6c(-c7c(-c8ccccc8)cc(-c8ccccc8)cc7-c7ccccc7)cc-3c1c6c25)B1c2ccc(C(C)(C)C)cc2-c2cc(C(C)(C)C)cc-4c21. The summed E-state index contributed by atoms with van der Waals surface area (Å²) < 4.78 is 0. The average molecular weight is 1360 g/mol. The summed E-state index contributed by atoms with van der Waals surface area (Å²) in [5.41, 5.74) is 43.5. The minimum atomic E-state index is -0.158. The highest BCUT2D eigenvalue weighted by atomic mass is 14.4. The third-order valence-electron chi connectivity index (χ3n) is 24.4. The Hall–Kier alpha value is -11.3. The number of benzene rings is 16. The van der Waals surface area contributed by atoms with Crippen LogP contribution in [0.4, 0.5) is 0 Å². The van der Waals surface area contributed by atoms with Crippen molar-refractivity contribution in [3.05, 3.63) is 313 Å². The van der Waals surface area contributed by atoms with Crippen LogP contribution in [0.3, 0.4) is 0 Å². The summed E-state index contributed by atoms with van der Waals surface area (Å²) >= 11 is 0. The van der Waals surface area contributed by atoms with Crippen LogP contribution in [0.2, 0.25) is 0 Å². The summed E-state index contributed by atoms with van der Waals surface area (Å²) in [5.74, 6) is 0. The van der Waals surface area contributed by atoms with E-state index in [1.54, 1.807) is 0 Å². The second kappa shape index (κ2) is 23.1. The molecule has 106 heavy (non-hydrogen) atoms. The first kappa shape index (κ1) is 64.3. The molecule has 0 aliphatic carbocycles. The van der Waals surface area contributed by atoms with E-state index in [1.807, 2.05) is 0 Å². The molecule has 0 nitrogen and oxygen atoms in total. The fourth-order valence-electron chi connectivity index (χ4n) is 19.1. The summed E-state index contributed by atoms with van der Waals surface area (Å²) in [6.45, 7) is 28.7. The Morgan fingerprint density at radius 3 is 0.726 bits per heavy atom. The van der Waals surface area contributed by atoms with Gasteiger partial charge in [0.25, 0.3) is 0 Å². The number of hydrogen-bond acceptors (Lipinski definition) is 0. The molecule has 0 fully saturated rings. The second-order valence-corrected chi connectivity index (χ2v) is 35.0. The van der Waals surface area contributed by atoms with Gasteiger partial charge in [-0.25, -0.2) is 0 Å². The van der Waals surface area contributed by atoms with E-state index in [4.69, 9.17) is 0 Å². The molecule has 0 saturated carbocycles. The second-order valence-electron chi connectivity index (χ2n) is 35.0. The molecule has 0 N–H and O–H groups in total. The van der Waals surface area contributed by atoms with Gasteiger partial charge in [-0.3, -0.25) is 0 Å². The minimum Gasteiger partial charge on any atom is -0.0661 e. The standard InChI is InChI=1S/C104H84B2/c1-101(2,3)69-43-45-89-77(51-69)85-53-71(103(7,8)9)55-87-81-57-79(93-73(63-35-23-15-24-36-63)47-67(61-31-19-13-20-32-61)48-74(93)64-37-25-16-26-38-64)84-60-92-96-82(88-56-72(104(10,11)12)54-86-78-52-70(102(4,5)6)44-46-90(78)106(92)100(86)88)58-80(83-59-91(105(89)99(85)87)95(81)97(84)98(83)96)94-75(65-39-27-17-28-40-65)49-68(62-33-21-14-22-34-62)50-76(94)66-41-29-18-30-42-66/h13-60H,1-12H3. The van der Waals surface area contributed by atoms with Crippen LogP contribution in [-0.2, 0) is 21.7 Å². The van der Waals surface area contributed by atoms with E-state index in [2.05, 4.69) is 374 Å². The van der Waals surface area contributed by atoms with E-state index in [-0.39, 0.29) is 35.1 Å². The molecule has 16 aromatic rings. The topological polar surface area (TPSA) is 0 Å². The maximum atomic E-state index is 2.77. The molecule has 0 amide bonds. The molecule has 4 heterocycles. The first-order chi connectivity index (χ1) is 51.1. The quantitative estimate of drug-likeness (QED) is 0.105. The fourth-order valence-corrected chi connectivity index (χ4v) is 19.1. The molecular formula is C104H84B2. The number of hydrogen-bond donors (Lipinski definition) is 0. The van der Waals surface area contributed by atoms with Gasteiger partial charge in [0.2, 0.25) is 13.4 Å². The Bertz CT molecular complexity index is 5840. The molecule has 0 unspecified atom stereocenters. The van der Waals surface area contributed by atoms with Gasteiger partial charge in [0.05, 0.1) is 0 Å². The Morgan fingerprint density at radius 2 is 0.443 bits per heavy atom. The van der Waals surface area contributed by atoms with Crippen molar-refractivity contribution in [2.24, 2.45) is 0 Å². The lowest BCUT2D eigenvalue weighted by Gasteiger charge is -2.34. The molecule has 0 atom stereocenters. The maximum Gasteiger partial charge on any atom is 0.244 e. The molecule has 20 rings (SSSR count). The van der Waals surface area contributed by atoms with Crippen molar-refractivity contribution in [3.63, 3.8) is 0 Å². The highest BCUT2D eigenvalue weighted by Gasteiger charge is 2.47. The van der Waals surface area contributed by atoms with Gasteiger partial charge in [0, 0.05) is 0 Å². The fraction of sp³-hybridized carbons (Fsp3) is 0.154. The summed E-state index contributed by atoms with van der Waals surface area (Å²) in [7, 11) is 0. The minimum absolute atomic E-state index is 0.0446. The monoisotopic (exact) mass is 1350 g/mol. The molecule has 506 valence electrons. The molecule has 0 saturated heterocycles. The zero-order valence-corrected chi connectivity index (χ0v) is 62.9. The Morgan fingerprint density at radius 1 is 0.179 bits per heavy atom. The first-order valence-electron chi connectivity index (χ1n) is 38.4. The van der Waals surface area contributed by atoms with Gasteiger partial charge in [0.1, 0.15) is 0 Å². The zero-order chi connectivity index (χ0) is 72.2. The molecule has 4 aliphatic heterocycles. The van der Waals surface area contributed by atoms with Gasteiger partial charge in [0.15, 0.2) is 0 Å². The third kappa shape index (κ3) is 9.75. The lowest BCUT2D eigenvalue weighted by molar-refractivity contribution is 0.590. The van der Waals surface area contributed by atoms with Crippen LogP contribution in [0.15, 0.2) is 291 Å². The van der Waals surface area contributed by atoms with E-state index >= 15 is 0 Å². The normalized spacial score (nSPS) is 13.2. The molecule has 0 radical (unpaired) electrons. The van der Waals surface area contributed by atoms with Crippen molar-refractivity contribution in [2.45, 2.75) is 105 Å². The van der Waals surface area contributed by atoms with Crippen molar-refractivity contribution in [1.82, 2.24) is 0 Å². The van der Waals surface area contributed by atoms with E-state index in [0.717, 1.165) is 0 Å². The van der Waals surface area contributed by atoms with Crippen molar-refractivity contribution in [3.8, 4) is 134 Å². The Balaban J connectivity index is 1.06. The van der Waals surface area contributed by atoms with Crippen molar-refractivity contribution in [1.29, 1.82) is 0 Å². The maximum absolute atomic E-state index is 2.77. The van der Waals surface area contributed by atoms with Crippen LogP contribution in [0, 0.1) is 0 Å². The molecule has 0 bridgehead atoms. The Kier molecular flexibility index (Phi) is 14.0. The van der Waals surface area contributed by atoms with Crippen LogP contribution in [0.5, 0.6) is 0 Å². The summed E-state index contributed by atoms with van der Waals surface area (Å²) in [6, 6.07) is 114. The highest BCUT2D eigenvalue weighted by molar-refractivity contribution is 7.03. The highest BCUT2D eigenvalue weighted by Crippen LogP contribution is 2.57. The molecular weight excluding hydrogens is 1270 g/mol. The summed E-state index contributed by atoms with van der Waals surface area (Å²) in [6.07, 6.45) is 0. The van der Waals surface area contributed by atoms with Crippen molar-refractivity contribution >= 4 is 78.5 Å². The number of rotatable bonds is 8. The van der Waals surface area contributed by atoms with Crippen LogP contribution >= 0.6 is 0 Å². The van der Waals surface area contributed by atoms with Crippen LogP contribution in [0.25, 0.3) is 166 Å². The van der Waals surface area contributed by atoms with Gasteiger partial charge in [-0.1, -0.05) is 371 Å². The largest absolute Gasteiger partial charge is 0.244 e. The van der Waals surface area contributed by atoms with Crippen molar-refractivity contribution < 1.29 is 0 Å². The van der Waals surface area contributed by atoms with E-state index in [9.17, 15) is 0 Å². The van der Waals surface area contributed by atoms with Gasteiger partial charge in [-0.05, 0) is 246 Å². The average Bonchev–Trinajstić information content (AvgIpc) is 1.20. The zero-order valence-electron chi connectivity index (χ0n) is 62.9. The Labute approximate surface area is 626 Å². The van der Waals surface area contributed by atoms with Crippen molar-refractivity contribution in [2.75, 3.05) is 0 Å². The molecule has 4 aliphatic rings. The van der Waals surface area contributed by atoms with Gasteiger partial charge >= 0.3 is 0 Å². The van der Waals surface area contributed by atoms with Crippen LogP contribution in [-0.4, -0.2) is 13.4 Å². The lowest BCUT2D eigenvalue weighted by Crippen LogP contribution is -2.53. The van der Waals surface area contributed by atoms with Crippen LogP contribution in [0.1, 0.15) is 105 Å². The molecule has 16 aromatic carbocycles. The number of fused-ring (bicyclic) bond motifs is 10. The summed E-state index contributed by atoms with van der Waals surface area (Å²) in [4.78, 5) is 0. The summed E-state index contributed by atoms with van der Waals surface area (Å²) in [5, 5.41) is 8.01. The van der Waals surface area contributed by atoms with E-state index < -0.39 is 0 Å². The van der Waals surface area contributed by atoms with Gasteiger partial charge in [-0.2, -0.15) is 0 Å². The molecule has 2 heteroatoms. The first-order valence-corrected chi connectivity index (χ1v) is 38.4. The van der Waals surface area contributed by atoms with E-state index in [0.29, 0.717) is 0 Å². The lowest BCUT2D eigenvalue weighted by atomic mass is 9.34. The predicted octanol–water partition coefficient (Wildman–Crippen LogP) is 24.1. The van der Waals surface area contributed by atoms with Crippen LogP contribution < -0.4 is 32.8 Å². The smallest absolute Gasteiger partial charge is 0.0661 e. The molecule has 0 spiro atoms. The third-order valence-corrected chi connectivity index (χ3v) is 24.4. The molecule has 0 aromatic heterocycles. The van der Waals surface area contributed by atoms with E-state index in [1.165, 1.54) is 221 Å². The van der Waals surface area contributed by atoms with Gasteiger partial charge < -0.3 is 0 Å².